The van der Waals surface area contributed by atoms with Crippen LogP contribution in [0, 0.1) is 0 Å². The number of benzene rings is 1. The van der Waals surface area contributed by atoms with Crippen molar-refractivity contribution in [3.63, 3.8) is 0 Å². The Morgan fingerprint density at radius 1 is 1.12 bits per heavy atom. The van der Waals surface area contributed by atoms with Gasteiger partial charge in [-0.25, -0.2) is 0 Å². The molecule has 1 aliphatic heterocycles. The molecule has 0 saturated heterocycles. The molecule has 0 aliphatic carbocycles. The van der Waals surface area contributed by atoms with Gasteiger partial charge in [-0.2, -0.15) is 13.2 Å². The van der Waals surface area contributed by atoms with E-state index in [1.165, 1.54) is 6.20 Å². The first-order valence-electron chi connectivity index (χ1n) is 5.05. The molecule has 90 valence electrons. The van der Waals surface area contributed by atoms with E-state index in [0.717, 1.165) is 11.6 Å². The number of rotatable bonds is 1. The van der Waals surface area contributed by atoms with Crippen molar-refractivity contribution in [3.05, 3.63) is 53.9 Å². The van der Waals surface area contributed by atoms with Gasteiger partial charge in [-0.3, -0.25) is 0 Å². The van der Waals surface area contributed by atoms with E-state index in [9.17, 15) is 13.2 Å². The summed E-state index contributed by atoms with van der Waals surface area (Å²) in [5, 5.41) is 2.23. The minimum Gasteiger partial charge on any atom is -0.358 e. The van der Waals surface area contributed by atoms with Gasteiger partial charge in [-0.15, -0.1) is 0 Å². The average Bonchev–Trinajstić information content (AvgIpc) is 2.29. The Bertz CT molecular complexity index is 460. The third kappa shape index (κ3) is 2.50. The quantitative estimate of drug-likeness (QED) is 0.791. The minimum absolute atomic E-state index is 0.638. The summed E-state index contributed by atoms with van der Waals surface area (Å²) in [5.41, 5.74) is 6.35. The van der Waals surface area contributed by atoms with Gasteiger partial charge in [0.05, 0.1) is 6.04 Å². The van der Waals surface area contributed by atoms with Crippen LogP contribution < -0.4 is 11.1 Å². The highest BCUT2D eigenvalue weighted by molar-refractivity contribution is 5.72. The second-order valence-electron chi connectivity index (χ2n) is 3.71. The summed E-state index contributed by atoms with van der Waals surface area (Å²) in [4.78, 5) is 0. The Morgan fingerprint density at radius 3 is 2.29 bits per heavy atom. The predicted molar refractivity (Wildman–Crippen MR) is 59.7 cm³/mol. The van der Waals surface area contributed by atoms with Gasteiger partial charge in [0.1, 0.15) is 5.70 Å². The first-order valence-corrected chi connectivity index (χ1v) is 5.05. The molecule has 0 aromatic heterocycles. The Balaban J connectivity index is 2.24. The molecule has 0 radical (unpaired) electrons. The van der Waals surface area contributed by atoms with Gasteiger partial charge in [0.2, 0.25) is 0 Å². The second kappa shape index (κ2) is 4.25. The smallest absolute Gasteiger partial charge is 0.358 e. The lowest BCUT2D eigenvalue weighted by Crippen LogP contribution is -2.32. The highest BCUT2D eigenvalue weighted by Gasteiger charge is 2.35. The van der Waals surface area contributed by atoms with Crippen LogP contribution in [-0.4, -0.2) is 12.2 Å². The first-order chi connectivity index (χ1) is 7.98. The average molecular weight is 240 g/mol. The SMILES string of the molecule is N[C@H]1C=C(C(F)(F)F)NC=C1c1ccccc1. The molecule has 5 heteroatoms. The summed E-state index contributed by atoms with van der Waals surface area (Å²) < 4.78 is 37.3. The van der Waals surface area contributed by atoms with Crippen molar-refractivity contribution in [1.29, 1.82) is 0 Å². The number of nitrogens with one attached hydrogen (secondary N) is 1. The van der Waals surface area contributed by atoms with Crippen LogP contribution >= 0.6 is 0 Å². The zero-order chi connectivity index (χ0) is 12.5. The third-order valence-corrected chi connectivity index (χ3v) is 2.50. The Labute approximate surface area is 96.6 Å². The van der Waals surface area contributed by atoms with Gasteiger partial charge >= 0.3 is 6.18 Å². The molecule has 2 nitrogen and oxygen atoms in total. The molecule has 0 bridgehead atoms. The molecule has 1 aliphatic rings. The van der Waals surface area contributed by atoms with Crippen LogP contribution in [0.1, 0.15) is 5.56 Å². The number of hydrogen-bond acceptors (Lipinski definition) is 2. The topological polar surface area (TPSA) is 38.0 Å². The molecule has 0 fully saturated rings. The van der Waals surface area contributed by atoms with Gasteiger partial charge in [-0.05, 0) is 17.2 Å². The standard InChI is InChI=1S/C12H11F3N2/c13-12(14,15)11-6-10(16)9(7-17-11)8-4-2-1-3-5-8/h1-7,10,17H,16H2/t10-/m0/s1. The molecule has 3 N–H and O–H groups in total. The number of halogens is 3. The highest BCUT2D eigenvalue weighted by atomic mass is 19.4. The Hall–Kier alpha value is -1.75. The van der Waals surface area contributed by atoms with Crippen molar-refractivity contribution in [2.75, 3.05) is 0 Å². The number of hydrogen-bond donors (Lipinski definition) is 2. The highest BCUT2D eigenvalue weighted by Crippen LogP contribution is 2.29. The van der Waals surface area contributed by atoms with E-state index in [1.54, 1.807) is 12.1 Å². The fourth-order valence-corrected chi connectivity index (χ4v) is 1.65. The van der Waals surface area contributed by atoms with Crippen molar-refractivity contribution in [3.8, 4) is 0 Å². The fraction of sp³-hybridized carbons (Fsp3) is 0.167. The Morgan fingerprint density at radius 2 is 1.76 bits per heavy atom. The van der Waals surface area contributed by atoms with Crippen molar-refractivity contribution >= 4 is 5.57 Å². The largest absolute Gasteiger partial charge is 0.430 e. The van der Waals surface area contributed by atoms with Gasteiger partial charge < -0.3 is 11.1 Å². The molecular formula is C12H11F3N2. The maximum absolute atomic E-state index is 12.4. The van der Waals surface area contributed by atoms with Crippen LogP contribution in [0.3, 0.4) is 0 Å². The summed E-state index contributed by atoms with van der Waals surface area (Å²) in [7, 11) is 0. The summed E-state index contributed by atoms with van der Waals surface area (Å²) >= 11 is 0. The summed E-state index contributed by atoms with van der Waals surface area (Å²) in [6.07, 6.45) is -2.10. The molecule has 1 atom stereocenters. The second-order valence-corrected chi connectivity index (χ2v) is 3.71. The summed E-state index contributed by atoms with van der Waals surface area (Å²) in [5.74, 6) is 0. The molecule has 0 spiro atoms. The third-order valence-electron chi connectivity index (χ3n) is 2.50. The molecule has 1 aromatic carbocycles. The molecule has 2 rings (SSSR count). The van der Waals surface area contributed by atoms with E-state index in [4.69, 9.17) is 5.73 Å². The van der Waals surface area contributed by atoms with E-state index in [0.29, 0.717) is 5.57 Å². The number of dihydropyridines is 1. The lowest BCUT2D eigenvalue weighted by atomic mass is 9.97. The van der Waals surface area contributed by atoms with Crippen LogP contribution in [0.2, 0.25) is 0 Å². The number of nitrogens with two attached hydrogens (primary N) is 1. The zero-order valence-corrected chi connectivity index (χ0v) is 8.83. The van der Waals surface area contributed by atoms with Crippen LogP contribution in [0.15, 0.2) is 48.3 Å². The van der Waals surface area contributed by atoms with Crippen molar-refractivity contribution in [1.82, 2.24) is 5.32 Å². The van der Waals surface area contributed by atoms with Crippen LogP contribution in [0.5, 0.6) is 0 Å². The molecule has 1 aromatic rings. The van der Waals surface area contributed by atoms with Crippen molar-refractivity contribution < 1.29 is 13.2 Å². The molecular weight excluding hydrogens is 229 g/mol. The minimum atomic E-state index is -4.39. The maximum Gasteiger partial charge on any atom is 0.430 e. The Kier molecular flexibility index (Phi) is 2.93. The first kappa shape index (κ1) is 11.7. The monoisotopic (exact) mass is 240 g/mol. The predicted octanol–water partition coefficient (Wildman–Crippen LogP) is 2.40. The normalized spacial score (nSPS) is 20.4. The molecule has 0 unspecified atom stereocenters. The van der Waals surface area contributed by atoms with E-state index in [1.807, 2.05) is 18.2 Å². The van der Waals surface area contributed by atoms with Crippen molar-refractivity contribution in [2.45, 2.75) is 12.2 Å². The lowest BCUT2D eigenvalue weighted by Gasteiger charge is -2.22. The molecule has 0 amide bonds. The molecule has 1 heterocycles. The summed E-state index contributed by atoms with van der Waals surface area (Å²) in [6.45, 7) is 0. The van der Waals surface area contributed by atoms with Gasteiger partial charge in [0.25, 0.3) is 0 Å². The number of alkyl halides is 3. The van der Waals surface area contributed by atoms with Crippen molar-refractivity contribution in [2.24, 2.45) is 5.73 Å². The fourth-order valence-electron chi connectivity index (χ4n) is 1.65. The van der Waals surface area contributed by atoms with Crippen LogP contribution in [0.25, 0.3) is 5.57 Å². The van der Waals surface area contributed by atoms with Gasteiger partial charge in [-0.1, -0.05) is 30.3 Å². The van der Waals surface area contributed by atoms with Crippen LogP contribution in [0.4, 0.5) is 13.2 Å². The molecule has 17 heavy (non-hydrogen) atoms. The number of allylic oxidation sites excluding steroid dienone is 1. The summed E-state index contributed by atoms with van der Waals surface area (Å²) in [6, 6.07) is 8.32. The zero-order valence-electron chi connectivity index (χ0n) is 8.83. The van der Waals surface area contributed by atoms with E-state index in [2.05, 4.69) is 5.32 Å². The van der Waals surface area contributed by atoms with E-state index >= 15 is 0 Å². The van der Waals surface area contributed by atoms with Gasteiger partial charge in [0.15, 0.2) is 0 Å². The van der Waals surface area contributed by atoms with E-state index in [-0.39, 0.29) is 0 Å². The van der Waals surface area contributed by atoms with Crippen LogP contribution in [-0.2, 0) is 0 Å². The maximum atomic E-state index is 12.4. The lowest BCUT2D eigenvalue weighted by molar-refractivity contribution is -0.0959. The van der Waals surface area contributed by atoms with Gasteiger partial charge in [0, 0.05) is 6.20 Å². The van der Waals surface area contributed by atoms with E-state index < -0.39 is 17.9 Å². The molecule has 0 saturated carbocycles.